The standard InChI is InChI=1S/C39H48F4N4O8S/c1-22-8-6-7-9-24-18-38(24,35(51)46-56(52,53)37(5)12-13-37)19-31(48)30-16-26(54-32-20-44-29-15-25(40)10-11-28(29)45-32)21-47(30)34(50)27(23(2)14-22)17-33(49)55-36(3,4)39(41,42)43/h7,9-11,15,20,22-24,26-27,30H,6,8,12-14,16-19,21H2,1-5H3,(H,46,51)/b9-7-/t22-,23-,24-,26-,27+,30+,38-/m1/s1. The zero-order chi connectivity index (χ0) is 41.0. The average Bonchev–Trinajstić information content (AvgIpc) is 3.98. The Hall–Kier alpha value is -4.15. The molecule has 6 rings (SSSR count). The first-order valence-electron chi connectivity index (χ1n) is 19.0. The molecule has 12 nitrogen and oxygen atoms in total. The normalized spacial score (nSPS) is 30.3. The molecule has 2 aromatic rings. The first-order valence-corrected chi connectivity index (χ1v) is 20.5. The van der Waals surface area contributed by atoms with Crippen molar-refractivity contribution in [2.75, 3.05) is 6.54 Å². The summed E-state index contributed by atoms with van der Waals surface area (Å²) in [5.41, 5.74) is -3.64. The molecule has 306 valence electrons. The Morgan fingerprint density at radius 3 is 2.48 bits per heavy atom. The van der Waals surface area contributed by atoms with Gasteiger partial charge >= 0.3 is 12.1 Å². The molecule has 3 heterocycles. The summed E-state index contributed by atoms with van der Waals surface area (Å²) in [6.07, 6.45) is 0.730. The molecular formula is C39H48F4N4O8S. The van der Waals surface area contributed by atoms with Crippen LogP contribution in [0, 0.1) is 34.9 Å². The zero-order valence-electron chi connectivity index (χ0n) is 32.0. The van der Waals surface area contributed by atoms with Crippen LogP contribution in [0.4, 0.5) is 17.6 Å². The van der Waals surface area contributed by atoms with Gasteiger partial charge in [-0.15, -0.1) is 0 Å². The van der Waals surface area contributed by atoms with E-state index < -0.39 is 104 Å². The number of ether oxygens (including phenoxy) is 2. The fourth-order valence-electron chi connectivity index (χ4n) is 7.84. The molecular weight excluding hydrogens is 761 g/mol. The van der Waals surface area contributed by atoms with Crippen molar-refractivity contribution in [3.05, 3.63) is 42.4 Å². The van der Waals surface area contributed by atoms with E-state index in [9.17, 15) is 45.2 Å². The van der Waals surface area contributed by atoms with Crippen LogP contribution in [0.5, 0.6) is 5.88 Å². The number of carbonyl (C=O) groups is 4. The van der Waals surface area contributed by atoms with E-state index in [1.807, 2.05) is 19.1 Å². The number of sulfonamides is 1. The molecule has 0 unspecified atom stereocenters. The Labute approximate surface area is 323 Å². The Bertz CT molecular complexity index is 2040. The van der Waals surface area contributed by atoms with Crippen molar-refractivity contribution in [1.82, 2.24) is 19.6 Å². The van der Waals surface area contributed by atoms with Gasteiger partial charge in [-0.1, -0.05) is 26.0 Å². The largest absolute Gasteiger partial charge is 0.471 e. The van der Waals surface area contributed by atoms with Gasteiger partial charge in [0.05, 0.1) is 52.3 Å². The number of Topliss-reactive ketones (excluding diaryl/α,β-unsaturated/α-hetero) is 1. The summed E-state index contributed by atoms with van der Waals surface area (Å²) >= 11 is 0. The van der Waals surface area contributed by atoms with Gasteiger partial charge in [-0.05, 0) is 89.2 Å². The monoisotopic (exact) mass is 808 g/mol. The Balaban J connectivity index is 1.33. The van der Waals surface area contributed by atoms with Crippen molar-refractivity contribution >= 4 is 44.6 Å². The summed E-state index contributed by atoms with van der Waals surface area (Å²) in [6, 6.07) is 2.61. The molecule has 0 radical (unpaired) electrons. The summed E-state index contributed by atoms with van der Waals surface area (Å²) in [6.45, 7) is 6.50. The minimum atomic E-state index is -4.88. The number of fused-ring (bicyclic) bond motifs is 3. The Morgan fingerprint density at radius 1 is 1.09 bits per heavy atom. The van der Waals surface area contributed by atoms with E-state index in [0.29, 0.717) is 37.6 Å². The molecule has 3 fully saturated rings. The number of halogens is 4. The van der Waals surface area contributed by atoms with Crippen molar-refractivity contribution in [2.24, 2.45) is 29.1 Å². The Kier molecular flexibility index (Phi) is 11.1. The van der Waals surface area contributed by atoms with Crippen LogP contribution in [0.15, 0.2) is 36.5 Å². The van der Waals surface area contributed by atoms with Crippen molar-refractivity contribution in [1.29, 1.82) is 0 Å². The van der Waals surface area contributed by atoms with Gasteiger partial charge in [-0.3, -0.25) is 23.9 Å². The highest BCUT2D eigenvalue weighted by atomic mass is 32.2. The molecule has 4 aliphatic rings. The van der Waals surface area contributed by atoms with Crippen LogP contribution < -0.4 is 9.46 Å². The number of benzene rings is 1. The maximum Gasteiger partial charge on any atom is 0.427 e. The second-order valence-corrected chi connectivity index (χ2v) is 19.1. The minimum Gasteiger partial charge on any atom is -0.471 e. The molecule has 56 heavy (non-hydrogen) atoms. The summed E-state index contributed by atoms with van der Waals surface area (Å²) in [5.74, 6) is -5.88. The van der Waals surface area contributed by atoms with Gasteiger partial charge in [-0.2, -0.15) is 13.2 Å². The van der Waals surface area contributed by atoms with Crippen LogP contribution in [0.25, 0.3) is 11.0 Å². The zero-order valence-corrected chi connectivity index (χ0v) is 32.8. The summed E-state index contributed by atoms with van der Waals surface area (Å²) in [4.78, 5) is 66.1. The number of rotatable bonds is 8. The fraction of sp³-hybridized carbons (Fsp3) is 0.641. The first kappa shape index (κ1) is 41.5. The van der Waals surface area contributed by atoms with Crippen LogP contribution in [-0.2, 0) is 33.9 Å². The van der Waals surface area contributed by atoms with E-state index in [1.54, 1.807) is 13.8 Å². The molecule has 2 saturated carbocycles. The quantitative estimate of drug-likeness (QED) is 0.191. The van der Waals surface area contributed by atoms with E-state index in [4.69, 9.17) is 9.47 Å². The molecule has 0 spiro atoms. The number of aromatic nitrogens is 2. The molecule has 2 aliphatic heterocycles. The van der Waals surface area contributed by atoms with Gasteiger partial charge in [0.15, 0.2) is 5.78 Å². The van der Waals surface area contributed by atoms with Crippen molar-refractivity contribution in [3.63, 3.8) is 0 Å². The first-order chi connectivity index (χ1) is 26.0. The number of hydrogen-bond donors (Lipinski definition) is 1. The van der Waals surface area contributed by atoms with Crippen LogP contribution in [0.2, 0.25) is 0 Å². The number of allylic oxidation sites excluding steroid dienone is 2. The maximum absolute atomic E-state index is 14.7. The average molecular weight is 809 g/mol. The van der Waals surface area contributed by atoms with Crippen LogP contribution in [-0.4, -0.2) is 82.1 Å². The summed E-state index contributed by atoms with van der Waals surface area (Å²) in [7, 11) is -4.04. The van der Waals surface area contributed by atoms with Crippen molar-refractivity contribution in [3.8, 4) is 5.88 Å². The number of alkyl halides is 3. The number of hydrogen-bond acceptors (Lipinski definition) is 10. The topological polar surface area (TPSA) is 162 Å². The van der Waals surface area contributed by atoms with E-state index in [-0.39, 0.29) is 36.7 Å². The molecule has 1 saturated heterocycles. The Morgan fingerprint density at radius 2 is 1.80 bits per heavy atom. The van der Waals surface area contributed by atoms with E-state index in [2.05, 4.69) is 14.7 Å². The van der Waals surface area contributed by atoms with Gasteiger partial charge in [0.2, 0.25) is 33.3 Å². The summed E-state index contributed by atoms with van der Waals surface area (Å²) < 4.78 is 93.4. The number of carbonyl (C=O) groups excluding carboxylic acids is 4. The third-order valence-electron chi connectivity index (χ3n) is 12.0. The fourth-order valence-corrected chi connectivity index (χ4v) is 9.18. The van der Waals surface area contributed by atoms with Gasteiger partial charge in [0.25, 0.3) is 0 Å². The number of amides is 2. The molecule has 1 aromatic heterocycles. The smallest absolute Gasteiger partial charge is 0.427 e. The number of nitrogens with zero attached hydrogens (tertiary/aromatic N) is 3. The molecule has 0 bridgehead atoms. The second kappa shape index (κ2) is 15.0. The minimum absolute atomic E-state index is 0.00134. The van der Waals surface area contributed by atoms with Crippen LogP contribution >= 0.6 is 0 Å². The van der Waals surface area contributed by atoms with Crippen LogP contribution in [0.3, 0.4) is 0 Å². The molecule has 1 N–H and O–H groups in total. The van der Waals surface area contributed by atoms with Crippen LogP contribution in [0.1, 0.15) is 92.4 Å². The number of esters is 1. The highest BCUT2D eigenvalue weighted by Crippen LogP contribution is 2.57. The predicted octanol–water partition coefficient (Wildman–Crippen LogP) is 5.98. The molecule has 1 aromatic carbocycles. The lowest BCUT2D eigenvalue weighted by Gasteiger charge is -2.33. The third kappa shape index (κ3) is 8.57. The van der Waals surface area contributed by atoms with Crippen molar-refractivity contribution < 1.29 is 54.6 Å². The summed E-state index contributed by atoms with van der Waals surface area (Å²) in [5, 5.41) is 0. The molecule has 17 heteroatoms. The molecule has 7 atom stereocenters. The predicted molar refractivity (Wildman–Crippen MR) is 195 cm³/mol. The van der Waals surface area contributed by atoms with Crippen molar-refractivity contribution in [2.45, 2.75) is 121 Å². The van der Waals surface area contributed by atoms with Gasteiger partial charge in [0.1, 0.15) is 11.9 Å². The molecule has 2 aliphatic carbocycles. The van der Waals surface area contributed by atoms with E-state index in [1.165, 1.54) is 29.3 Å². The van der Waals surface area contributed by atoms with E-state index in [0.717, 1.165) is 13.8 Å². The van der Waals surface area contributed by atoms with Gasteiger partial charge in [-0.25, -0.2) is 22.8 Å². The SMILES string of the molecule is C[C@@H]1CC/C=C\[C@@H]2C[C@@]2(C(=O)NS(=O)(=O)C2(C)CC2)CC(=O)[C@@H]2C[C@@H](Oc3cnc4cc(F)ccc4n3)CN2C(=O)[C@@H](CC(=O)OC(C)(C)C(F)(F)F)[C@H](C)C1. The lowest BCUT2D eigenvalue weighted by molar-refractivity contribution is -0.257. The van der Waals surface area contributed by atoms with Gasteiger partial charge < -0.3 is 14.4 Å². The molecule has 2 amide bonds. The highest BCUT2D eigenvalue weighted by Gasteiger charge is 2.63. The number of ketones is 1. The second-order valence-electron chi connectivity index (χ2n) is 16.9. The van der Waals surface area contributed by atoms with E-state index >= 15 is 0 Å². The maximum atomic E-state index is 14.7. The third-order valence-corrected chi connectivity index (χ3v) is 14.2. The number of nitrogens with one attached hydrogen (secondary N) is 1. The highest BCUT2D eigenvalue weighted by molar-refractivity contribution is 7.91. The lowest BCUT2D eigenvalue weighted by Crippen LogP contribution is -2.48. The van der Waals surface area contributed by atoms with Gasteiger partial charge in [0, 0.05) is 18.9 Å². The lowest BCUT2D eigenvalue weighted by atomic mass is 9.82.